The van der Waals surface area contributed by atoms with E-state index in [0.717, 1.165) is 0 Å². The predicted octanol–water partition coefficient (Wildman–Crippen LogP) is 2.71. The largest absolute Gasteiger partial charge is 0.454 e. The Hall–Kier alpha value is -2.44. The number of benzene rings is 2. The third-order valence-electron chi connectivity index (χ3n) is 3.05. The van der Waals surface area contributed by atoms with Crippen molar-refractivity contribution < 1.29 is 17.4 Å². The summed E-state index contributed by atoms with van der Waals surface area (Å²) in [6.45, 7) is 0. The fraction of sp³-hybridized carbons (Fsp3) is 0. The van der Waals surface area contributed by atoms with Crippen LogP contribution in [0, 0.1) is 0 Å². The molecule has 0 aliphatic rings. The minimum Gasteiger partial charge on any atom is -0.454 e. The SMILES string of the molecule is O=c1c(S(=O)(=O)O)c(-c2ccccc2)oc2ccccc12. The fourth-order valence-electron chi connectivity index (χ4n) is 2.14. The van der Waals surface area contributed by atoms with Gasteiger partial charge >= 0.3 is 10.1 Å². The number of hydrogen-bond acceptors (Lipinski definition) is 4. The van der Waals surface area contributed by atoms with Gasteiger partial charge in [0.25, 0.3) is 0 Å². The molecule has 2 aromatic carbocycles. The standard InChI is InChI=1S/C15H10O5S/c16-13-11-8-4-5-9-12(11)20-14(15(13)21(17,18)19)10-6-2-1-3-7-10/h1-9H,(H,17,18,19). The summed E-state index contributed by atoms with van der Waals surface area (Å²) in [6, 6.07) is 14.6. The van der Waals surface area contributed by atoms with Gasteiger partial charge < -0.3 is 4.42 Å². The smallest absolute Gasteiger partial charge is 0.302 e. The lowest BCUT2D eigenvalue weighted by Gasteiger charge is -2.07. The maximum absolute atomic E-state index is 12.4. The van der Waals surface area contributed by atoms with Crippen molar-refractivity contribution in [1.82, 2.24) is 0 Å². The highest BCUT2D eigenvalue weighted by Gasteiger charge is 2.25. The van der Waals surface area contributed by atoms with Crippen molar-refractivity contribution in [1.29, 1.82) is 0 Å². The lowest BCUT2D eigenvalue weighted by molar-refractivity contribution is 0.478. The molecule has 0 aliphatic carbocycles. The van der Waals surface area contributed by atoms with Crippen molar-refractivity contribution in [3.63, 3.8) is 0 Å². The van der Waals surface area contributed by atoms with E-state index in [-0.39, 0.29) is 16.7 Å². The zero-order valence-corrected chi connectivity index (χ0v) is 11.5. The Kier molecular flexibility index (Phi) is 3.12. The van der Waals surface area contributed by atoms with Gasteiger partial charge in [-0.2, -0.15) is 8.42 Å². The first-order chi connectivity index (χ1) is 9.98. The minimum atomic E-state index is -4.71. The molecule has 3 aromatic rings. The van der Waals surface area contributed by atoms with Crippen LogP contribution in [0.1, 0.15) is 0 Å². The van der Waals surface area contributed by atoms with Crippen molar-refractivity contribution >= 4 is 21.1 Å². The third-order valence-corrected chi connectivity index (χ3v) is 3.94. The molecule has 0 bridgehead atoms. The molecule has 106 valence electrons. The van der Waals surface area contributed by atoms with Crippen molar-refractivity contribution in [3.8, 4) is 11.3 Å². The quantitative estimate of drug-likeness (QED) is 0.736. The van der Waals surface area contributed by atoms with Crippen LogP contribution in [0.4, 0.5) is 0 Å². The lowest BCUT2D eigenvalue weighted by atomic mass is 10.1. The number of para-hydroxylation sites is 1. The van der Waals surface area contributed by atoms with E-state index in [1.165, 1.54) is 6.07 Å². The second kappa shape index (κ2) is 4.83. The monoisotopic (exact) mass is 302 g/mol. The molecule has 0 fully saturated rings. The van der Waals surface area contributed by atoms with Crippen LogP contribution in [0.25, 0.3) is 22.3 Å². The number of fused-ring (bicyclic) bond motifs is 1. The summed E-state index contributed by atoms with van der Waals surface area (Å²) in [6.07, 6.45) is 0. The molecule has 1 N–H and O–H groups in total. The second-order valence-corrected chi connectivity index (χ2v) is 5.79. The zero-order chi connectivity index (χ0) is 15.0. The first-order valence-electron chi connectivity index (χ1n) is 6.07. The second-order valence-electron chi connectivity index (χ2n) is 4.43. The Morgan fingerprint density at radius 2 is 1.52 bits per heavy atom. The van der Waals surface area contributed by atoms with E-state index >= 15 is 0 Å². The third kappa shape index (κ3) is 2.35. The summed E-state index contributed by atoms with van der Waals surface area (Å²) in [7, 11) is -4.71. The lowest BCUT2D eigenvalue weighted by Crippen LogP contribution is -2.16. The van der Waals surface area contributed by atoms with Gasteiger partial charge in [-0.05, 0) is 12.1 Å². The summed E-state index contributed by atoms with van der Waals surface area (Å²) < 4.78 is 38.1. The first kappa shape index (κ1) is 13.5. The Balaban J connectivity index is 2.52. The van der Waals surface area contributed by atoms with Gasteiger partial charge in [0, 0.05) is 5.56 Å². The molecule has 6 heteroatoms. The zero-order valence-electron chi connectivity index (χ0n) is 10.7. The summed E-state index contributed by atoms with van der Waals surface area (Å²) in [5.41, 5.74) is -0.125. The summed E-state index contributed by atoms with van der Waals surface area (Å²) in [4.78, 5) is 11.6. The van der Waals surface area contributed by atoms with Crippen molar-refractivity contribution in [2.75, 3.05) is 0 Å². The van der Waals surface area contributed by atoms with Gasteiger partial charge in [0.05, 0.1) is 5.39 Å². The average Bonchev–Trinajstić information content (AvgIpc) is 2.46. The Labute approximate surface area is 120 Å². The first-order valence-corrected chi connectivity index (χ1v) is 7.51. The summed E-state index contributed by atoms with van der Waals surface area (Å²) >= 11 is 0. The van der Waals surface area contributed by atoms with Crippen LogP contribution >= 0.6 is 0 Å². The van der Waals surface area contributed by atoms with Crippen LogP contribution in [-0.2, 0) is 10.1 Å². The van der Waals surface area contributed by atoms with Crippen molar-refractivity contribution in [2.45, 2.75) is 4.90 Å². The highest BCUT2D eigenvalue weighted by Crippen LogP contribution is 2.28. The molecule has 0 atom stereocenters. The van der Waals surface area contributed by atoms with Gasteiger partial charge in [0.15, 0.2) is 10.7 Å². The van der Waals surface area contributed by atoms with Crippen LogP contribution in [0.2, 0.25) is 0 Å². The molecule has 0 amide bonds. The van der Waals surface area contributed by atoms with Gasteiger partial charge in [-0.3, -0.25) is 9.35 Å². The Morgan fingerprint density at radius 1 is 0.905 bits per heavy atom. The van der Waals surface area contributed by atoms with Crippen LogP contribution < -0.4 is 5.43 Å². The van der Waals surface area contributed by atoms with Crippen molar-refractivity contribution in [2.24, 2.45) is 0 Å². The van der Waals surface area contributed by atoms with E-state index in [1.807, 2.05) is 0 Å². The maximum atomic E-state index is 12.4. The molecule has 21 heavy (non-hydrogen) atoms. The van der Waals surface area contributed by atoms with Gasteiger partial charge in [0.1, 0.15) is 5.58 Å². The topological polar surface area (TPSA) is 84.6 Å². The average molecular weight is 302 g/mol. The van der Waals surface area contributed by atoms with Crippen LogP contribution in [0.15, 0.2) is 68.7 Å². The molecular formula is C15H10O5S. The molecule has 0 aliphatic heterocycles. The van der Waals surface area contributed by atoms with Crippen LogP contribution in [0.5, 0.6) is 0 Å². The van der Waals surface area contributed by atoms with E-state index in [1.54, 1.807) is 48.5 Å². The molecule has 0 unspecified atom stereocenters. The molecule has 0 spiro atoms. The normalized spacial score (nSPS) is 11.7. The van der Waals surface area contributed by atoms with Gasteiger partial charge in [0.2, 0.25) is 5.43 Å². The molecule has 0 saturated carbocycles. The molecule has 3 rings (SSSR count). The molecule has 1 heterocycles. The molecule has 0 radical (unpaired) electrons. The predicted molar refractivity (Wildman–Crippen MR) is 77.7 cm³/mol. The van der Waals surface area contributed by atoms with E-state index in [4.69, 9.17) is 4.42 Å². The number of hydrogen-bond donors (Lipinski definition) is 1. The highest BCUT2D eigenvalue weighted by molar-refractivity contribution is 7.86. The molecular weight excluding hydrogens is 292 g/mol. The highest BCUT2D eigenvalue weighted by atomic mass is 32.2. The van der Waals surface area contributed by atoms with Crippen molar-refractivity contribution in [3.05, 3.63) is 64.8 Å². The summed E-state index contributed by atoms with van der Waals surface area (Å²) in [5.74, 6) is -0.165. The van der Waals surface area contributed by atoms with Gasteiger partial charge in [-0.1, -0.05) is 42.5 Å². The van der Waals surface area contributed by atoms with E-state index in [2.05, 4.69) is 0 Å². The summed E-state index contributed by atoms with van der Waals surface area (Å²) in [5, 5.41) is 0.102. The van der Waals surface area contributed by atoms with Crippen LogP contribution in [-0.4, -0.2) is 13.0 Å². The maximum Gasteiger partial charge on any atom is 0.302 e. The fourth-order valence-corrected chi connectivity index (χ4v) is 2.88. The molecule has 1 aromatic heterocycles. The Bertz CT molecular complexity index is 972. The Morgan fingerprint density at radius 3 is 2.19 bits per heavy atom. The minimum absolute atomic E-state index is 0.102. The van der Waals surface area contributed by atoms with E-state index in [9.17, 15) is 17.8 Å². The van der Waals surface area contributed by atoms with Gasteiger partial charge in [-0.25, -0.2) is 0 Å². The molecule has 0 saturated heterocycles. The van der Waals surface area contributed by atoms with Gasteiger partial charge in [-0.15, -0.1) is 0 Å². The molecule has 5 nitrogen and oxygen atoms in total. The number of rotatable bonds is 2. The van der Waals surface area contributed by atoms with E-state index < -0.39 is 20.4 Å². The van der Waals surface area contributed by atoms with Crippen LogP contribution in [0.3, 0.4) is 0 Å². The van der Waals surface area contributed by atoms with E-state index in [0.29, 0.717) is 5.56 Å².